The molecule has 6 heteroatoms. The lowest BCUT2D eigenvalue weighted by Gasteiger charge is -2.03. The highest BCUT2D eigenvalue weighted by atomic mass is 19.1. The second kappa shape index (κ2) is 7.39. The molecule has 0 aliphatic rings. The van der Waals surface area contributed by atoms with E-state index in [4.69, 9.17) is 4.74 Å². The Kier molecular flexibility index (Phi) is 5.02. The van der Waals surface area contributed by atoms with Crippen molar-refractivity contribution in [3.63, 3.8) is 0 Å². The summed E-state index contributed by atoms with van der Waals surface area (Å²) in [5.41, 5.74) is 2.89. The number of nitrogens with one attached hydrogen (secondary N) is 1. The number of hydrogen-bond acceptors (Lipinski definition) is 3. The predicted octanol–water partition coefficient (Wildman–Crippen LogP) is 4.15. The van der Waals surface area contributed by atoms with Gasteiger partial charge in [0, 0.05) is 5.69 Å². The Morgan fingerprint density at radius 3 is 2.42 bits per heavy atom. The molecule has 0 saturated heterocycles. The van der Waals surface area contributed by atoms with E-state index in [0.29, 0.717) is 29.3 Å². The van der Waals surface area contributed by atoms with Crippen molar-refractivity contribution in [2.45, 2.75) is 20.8 Å². The fourth-order valence-electron chi connectivity index (χ4n) is 2.78. The summed E-state index contributed by atoms with van der Waals surface area (Å²) >= 11 is 0. The first-order valence-corrected chi connectivity index (χ1v) is 8.35. The molecule has 0 spiro atoms. The van der Waals surface area contributed by atoms with E-state index in [1.54, 1.807) is 19.1 Å². The Morgan fingerprint density at radius 1 is 1.15 bits per heavy atom. The second-order valence-electron chi connectivity index (χ2n) is 5.85. The molecule has 0 fully saturated rings. The van der Waals surface area contributed by atoms with Crippen LogP contribution < -0.4 is 10.3 Å². The average molecular weight is 353 g/mol. The molecule has 0 unspecified atom stereocenters. The Balaban J connectivity index is 1.95. The molecule has 5 nitrogen and oxygen atoms in total. The fraction of sp³-hybridized carbons (Fsp3) is 0.200. The SMILES string of the molecule is CCOc1ccc(N=C(C)c2c(C)[nH]n(-c3ccc(F)cc3)c2=O)cc1. The molecule has 1 aromatic heterocycles. The van der Waals surface area contributed by atoms with E-state index in [0.717, 1.165) is 11.4 Å². The van der Waals surface area contributed by atoms with Crippen LogP contribution in [0.1, 0.15) is 25.1 Å². The number of halogens is 1. The van der Waals surface area contributed by atoms with Gasteiger partial charge in [-0.05, 0) is 69.3 Å². The van der Waals surface area contributed by atoms with Crippen molar-refractivity contribution in [1.82, 2.24) is 9.78 Å². The molecule has 0 amide bonds. The number of aliphatic imine (C=N–C) groups is 1. The van der Waals surface area contributed by atoms with Crippen LogP contribution in [-0.4, -0.2) is 22.1 Å². The molecule has 0 aliphatic heterocycles. The maximum atomic E-state index is 13.1. The molecule has 3 rings (SSSR count). The van der Waals surface area contributed by atoms with Crippen molar-refractivity contribution in [1.29, 1.82) is 0 Å². The van der Waals surface area contributed by atoms with Crippen LogP contribution in [0.15, 0.2) is 58.3 Å². The molecule has 2 aromatic carbocycles. The van der Waals surface area contributed by atoms with E-state index in [1.807, 2.05) is 38.1 Å². The standard InChI is InChI=1S/C20H20FN3O2/c1-4-26-18-11-7-16(8-12-18)22-13(2)19-14(3)23-24(20(19)25)17-9-5-15(21)6-10-17/h5-12,23H,4H2,1-3H3. The van der Waals surface area contributed by atoms with Gasteiger partial charge >= 0.3 is 0 Å². The summed E-state index contributed by atoms with van der Waals surface area (Å²) in [5.74, 6) is 0.430. The quantitative estimate of drug-likeness (QED) is 0.701. The van der Waals surface area contributed by atoms with Gasteiger partial charge in [-0.3, -0.25) is 14.9 Å². The van der Waals surface area contributed by atoms with Crippen LogP contribution in [0, 0.1) is 12.7 Å². The van der Waals surface area contributed by atoms with E-state index in [-0.39, 0.29) is 11.4 Å². The normalized spacial score (nSPS) is 11.6. The van der Waals surface area contributed by atoms with Crippen molar-refractivity contribution < 1.29 is 9.13 Å². The van der Waals surface area contributed by atoms with Crippen LogP contribution in [0.5, 0.6) is 5.75 Å². The van der Waals surface area contributed by atoms with Gasteiger partial charge in [-0.2, -0.15) is 0 Å². The number of hydrogen-bond donors (Lipinski definition) is 1. The summed E-state index contributed by atoms with van der Waals surface area (Å²) < 4.78 is 19.9. The number of benzene rings is 2. The minimum absolute atomic E-state index is 0.221. The summed E-state index contributed by atoms with van der Waals surface area (Å²) in [6.07, 6.45) is 0. The lowest BCUT2D eigenvalue weighted by Crippen LogP contribution is -2.19. The zero-order valence-corrected chi connectivity index (χ0v) is 14.9. The minimum atomic E-state index is -0.349. The molecule has 0 saturated carbocycles. The molecule has 1 N–H and O–H groups in total. The van der Waals surface area contributed by atoms with Gasteiger partial charge in [0.2, 0.25) is 0 Å². The van der Waals surface area contributed by atoms with Crippen molar-refractivity contribution in [2.75, 3.05) is 6.61 Å². The third-order valence-electron chi connectivity index (χ3n) is 3.96. The zero-order valence-electron chi connectivity index (χ0n) is 14.9. The van der Waals surface area contributed by atoms with E-state index in [1.165, 1.54) is 16.8 Å². The van der Waals surface area contributed by atoms with E-state index in [2.05, 4.69) is 10.1 Å². The molecule has 0 bridgehead atoms. The highest BCUT2D eigenvalue weighted by Crippen LogP contribution is 2.19. The van der Waals surface area contributed by atoms with Gasteiger partial charge in [0.15, 0.2) is 0 Å². The van der Waals surface area contributed by atoms with Gasteiger partial charge < -0.3 is 4.74 Å². The van der Waals surface area contributed by atoms with Crippen molar-refractivity contribution in [3.8, 4) is 11.4 Å². The van der Waals surface area contributed by atoms with E-state index >= 15 is 0 Å². The molecule has 134 valence electrons. The summed E-state index contributed by atoms with van der Waals surface area (Å²) in [4.78, 5) is 17.3. The van der Waals surface area contributed by atoms with E-state index < -0.39 is 0 Å². The van der Waals surface area contributed by atoms with Crippen molar-refractivity contribution in [2.24, 2.45) is 4.99 Å². The molecular weight excluding hydrogens is 333 g/mol. The number of aromatic nitrogens is 2. The first-order valence-electron chi connectivity index (χ1n) is 8.35. The third-order valence-corrected chi connectivity index (χ3v) is 3.96. The maximum absolute atomic E-state index is 13.1. The first-order chi connectivity index (χ1) is 12.5. The Hall–Kier alpha value is -3.15. The van der Waals surface area contributed by atoms with Gasteiger partial charge in [-0.25, -0.2) is 9.07 Å². The van der Waals surface area contributed by atoms with Crippen LogP contribution in [-0.2, 0) is 0 Å². The number of H-pyrrole nitrogens is 1. The fourth-order valence-corrected chi connectivity index (χ4v) is 2.78. The van der Waals surface area contributed by atoms with Crippen LogP contribution in [0.4, 0.5) is 10.1 Å². The highest BCUT2D eigenvalue weighted by Gasteiger charge is 2.15. The number of aryl methyl sites for hydroxylation is 1. The monoisotopic (exact) mass is 353 g/mol. The lowest BCUT2D eigenvalue weighted by molar-refractivity contribution is 0.340. The van der Waals surface area contributed by atoms with Gasteiger partial charge in [0.25, 0.3) is 5.56 Å². The summed E-state index contributed by atoms with van der Waals surface area (Å²) in [6.45, 7) is 6.14. The summed E-state index contributed by atoms with van der Waals surface area (Å²) in [6, 6.07) is 13.1. The average Bonchev–Trinajstić information content (AvgIpc) is 2.92. The molecule has 0 radical (unpaired) electrons. The van der Waals surface area contributed by atoms with Crippen LogP contribution in [0.2, 0.25) is 0 Å². The molecular formula is C20H20FN3O2. The van der Waals surface area contributed by atoms with Gasteiger partial charge in [-0.1, -0.05) is 0 Å². The van der Waals surface area contributed by atoms with Crippen LogP contribution in [0.25, 0.3) is 5.69 Å². The largest absolute Gasteiger partial charge is 0.494 e. The van der Waals surface area contributed by atoms with Crippen molar-refractivity contribution in [3.05, 3.63) is 76.0 Å². The molecule has 0 aliphatic carbocycles. The number of nitrogens with zero attached hydrogens (tertiary/aromatic N) is 2. The summed E-state index contributed by atoms with van der Waals surface area (Å²) in [5, 5.41) is 3.02. The Labute approximate surface area is 150 Å². The van der Waals surface area contributed by atoms with Crippen molar-refractivity contribution >= 4 is 11.4 Å². The Morgan fingerprint density at radius 2 is 1.81 bits per heavy atom. The molecule has 0 atom stereocenters. The highest BCUT2D eigenvalue weighted by molar-refractivity contribution is 6.01. The minimum Gasteiger partial charge on any atom is -0.494 e. The Bertz CT molecular complexity index is 983. The van der Waals surface area contributed by atoms with Crippen LogP contribution in [0.3, 0.4) is 0 Å². The lowest BCUT2D eigenvalue weighted by atomic mass is 10.1. The molecule has 26 heavy (non-hydrogen) atoms. The molecule has 3 aromatic rings. The van der Waals surface area contributed by atoms with E-state index in [9.17, 15) is 9.18 Å². The third kappa shape index (κ3) is 3.59. The zero-order chi connectivity index (χ0) is 18.7. The predicted molar refractivity (Wildman–Crippen MR) is 101 cm³/mol. The van der Waals surface area contributed by atoms with Gasteiger partial charge in [0.05, 0.1) is 29.3 Å². The number of rotatable bonds is 5. The van der Waals surface area contributed by atoms with Gasteiger partial charge in [-0.15, -0.1) is 0 Å². The number of ether oxygens (including phenoxy) is 1. The summed E-state index contributed by atoms with van der Waals surface area (Å²) in [7, 11) is 0. The van der Waals surface area contributed by atoms with Crippen LogP contribution >= 0.6 is 0 Å². The second-order valence-corrected chi connectivity index (χ2v) is 5.85. The maximum Gasteiger partial charge on any atom is 0.280 e. The molecule has 1 heterocycles. The number of aromatic amines is 1. The smallest absolute Gasteiger partial charge is 0.280 e. The van der Waals surface area contributed by atoms with Gasteiger partial charge in [0.1, 0.15) is 11.6 Å². The topological polar surface area (TPSA) is 59.4 Å². The first kappa shape index (κ1) is 17.7.